The zero-order valence-electron chi connectivity index (χ0n) is 35.8. The molecule has 0 N–H and O–H groups in total. The fraction of sp³-hybridized carbons (Fsp3) is 0.0690. The zero-order chi connectivity index (χ0) is 42.1. The van der Waals surface area contributed by atoms with Gasteiger partial charge < -0.3 is 18.6 Å². The highest BCUT2D eigenvalue weighted by atomic mass is 28.3. The standard InChI is InChI=1S/C58H44N4Si/c1-37-27-29-40(30-28-37)59(38-15-7-5-8-16-38)49-23-13-25-51-55(49)45-21-11-19-43-47-36-54-48(35-53(47)61(51)57(43)45)44-20-12-22-46-56-50(24-14-26-52(56)62(54)58(44)46)60(39-17-9-6-10-18-39)41-31-33-42(34-32-41)63(2,3)4/h5-36H,1-4H3. The van der Waals surface area contributed by atoms with Crippen molar-refractivity contribution in [2.24, 2.45) is 0 Å². The normalized spacial score (nSPS) is 12.4. The van der Waals surface area contributed by atoms with E-state index in [0.29, 0.717) is 0 Å². The van der Waals surface area contributed by atoms with Crippen LogP contribution in [0.1, 0.15) is 5.56 Å². The van der Waals surface area contributed by atoms with Gasteiger partial charge in [-0.2, -0.15) is 0 Å². The molecule has 5 heteroatoms. The SMILES string of the molecule is Cc1ccc(N(c2ccccc2)c2cccc3c2c2cccc4c5cc6c(cc5n3c42)c2cccc3c4c(N(c5ccccc5)c5ccc([Si](C)(C)C)cc5)cccc4n6c23)cc1. The van der Waals surface area contributed by atoms with Gasteiger partial charge in [0.1, 0.15) is 0 Å². The molecule has 0 fully saturated rings. The van der Waals surface area contributed by atoms with Gasteiger partial charge in [-0.25, -0.2) is 0 Å². The molecule has 0 bridgehead atoms. The second-order valence-electron chi connectivity index (χ2n) is 18.3. The maximum atomic E-state index is 2.54. The van der Waals surface area contributed by atoms with E-state index in [9.17, 15) is 0 Å². The third-order valence-corrected chi connectivity index (χ3v) is 15.6. The molecule has 13 aromatic rings. The van der Waals surface area contributed by atoms with Gasteiger partial charge in [-0.1, -0.05) is 140 Å². The molecule has 0 spiro atoms. The minimum atomic E-state index is -1.47. The van der Waals surface area contributed by atoms with E-state index in [1.165, 1.54) is 104 Å². The van der Waals surface area contributed by atoms with Crippen LogP contribution in [0.2, 0.25) is 19.6 Å². The lowest BCUT2D eigenvalue weighted by Gasteiger charge is -2.27. The maximum Gasteiger partial charge on any atom is 0.0775 e. The summed E-state index contributed by atoms with van der Waals surface area (Å²) in [7, 11) is -1.47. The summed E-state index contributed by atoms with van der Waals surface area (Å²) in [6.07, 6.45) is 0. The first-order valence-electron chi connectivity index (χ1n) is 22.0. The van der Waals surface area contributed by atoms with Gasteiger partial charge in [-0.05, 0) is 91.9 Å². The van der Waals surface area contributed by atoms with Crippen LogP contribution in [0.4, 0.5) is 34.1 Å². The van der Waals surface area contributed by atoms with Crippen molar-refractivity contribution >= 4 is 124 Å². The molecule has 0 unspecified atom stereocenters. The summed E-state index contributed by atoms with van der Waals surface area (Å²) in [5, 5.41) is 11.6. The Bertz CT molecular complexity index is 3880. The number of aryl methyl sites for hydroxylation is 1. The molecule has 4 heterocycles. The minimum absolute atomic E-state index is 1.14. The van der Waals surface area contributed by atoms with E-state index in [0.717, 1.165) is 17.1 Å². The molecule has 0 atom stereocenters. The van der Waals surface area contributed by atoms with Gasteiger partial charge in [0.25, 0.3) is 0 Å². The lowest BCUT2D eigenvalue weighted by Crippen LogP contribution is -2.37. The van der Waals surface area contributed by atoms with Crippen LogP contribution in [-0.4, -0.2) is 16.9 Å². The van der Waals surface area contributed by atoms with Crippen molar-refractivity contribution in [3.05, 3.63) is 200 Å². The van der Waals surface area contributed by atoms with Crippen LogP contribution in [0.5, 0.6) is 0 Å². The van der Waals surface area contributed by atoms with Gasteiger partial charge in [-0.3, -0.25) is 0 Å². The topological polar surface area (TPSA) is 15.3 Å². The van der Waals surface area contributed by atoms with Crippen LogP contribution in [0.25, 0.3) is 76.2 Å². The summed E-state index contributed by atoms with van der Waals surface area (Å²) in [6, 6.07) is 72.2. The quantitative estimate of drug-likeness (QED) is 0.149. The van der Waals surface area contributed by atoms with E-state index in [1.807, 2.05) is 0 Å². The molecule has 63 heavy (non-hydrogen) atoms. The Morgan fingerprint density at radius 3 is 1.19 bits per heavy atom. The smallest absolute Gasteiger partial charge is 0.0775 e. The van der Waals surface area contributed by atoms with Crippen LogP contribution < -0.4 is 15.0 Å². The monoisotopic (exact) mass is 824 g/mol. The Kier molecular flexibility index (Phi) is 7.56. The molecule has 9 aromatic carbocycles. The summed E-state index contributed by atoms with van der Waals surface area (Å²) >= 11 is 0. The largest absolute Gasteiger partial charge is 0.310 e. The summed E-state index contributed by atoms with van der Waals surface area (Å²) in [5.41, 5.74) is 15.6. The van der Waals surface area contributed by atoms with Gasteiger partial charge in [0.15, 0.2) is 0 Å². The fourth-order valence-corrected chi connectivity index (χ4v) is 11.9. The third-order valence-electron chi connectivity index (χ3n) is 13.6. The van der Waals surface area contributed by atoms with Crippen LogP contribution >= 0.6 is 0 Å². The Morgan fingerprint density at radius 1 is 0.349 bits per heavy atom. The maximum absolute atomic E-state index is 2.54. The van der Waals surface area contributed by atoms with E-state index in [2.05, 4.69) is 239 Å². The van der Waals surface area contributed by atoms with Crippen molar-refractivity contribution in [2.45, 2.75) is 26.6 Å². The average molecular weight is 825 g/mol. The van der Waals surface area contributed by atoms with Crippen molar-refractivity contribution in [3.63, 3.8) is 0 Å². The highest BCUT2D eigenvalue weighted by Gasteiger charge is 2.27. The highest BCUT2D eigenvalue weighted by molar-refractivity contribution is 6.88. The molecular weight excluding hydrogens is 781 g/mol. The number of benzene rings is 9. The lowest BCUT2D eigenvalue weighted by molar-refractivity contribution is 1.29. The summed E-state index contributed by atoms with van der Waals surface area (Å²) in [4.78, 5) is 4.86. The summed E-state index contributed by atoms with van der Waals surface area (Å²) in [5.74, 6) is 0. The highest BCUT2D eigenvalue weighted by Crippen LogP contribution is 2.50. The molecule has 4 nitrogen and oxygen atoms in total. The number of anilines is 6. The van der Waals surface area contributed by atoms with Crippen molar-refractivity contribution in [1.29, 1.82) is 0 Å². The number of hydrogen-bond acceptors (Lipinski definition) is 2. The van der Waals surface area contributed by atoms with Crippen LogP contribution in [0.3, 0.4) is 0 Å². The molecule has 0 saturated heterocycles. The zero-order valence-corrected chi connectivity index (χ0v) is 36.8. The van der Waals surface area contributed by atoms with Crippen LogP contribution in [-0.2, 0) is 0 Å². The van der Waals surface area contributed by atoms with E-state index in [4.69, 9.17) is 0 Å². The van der Waals surface area contributed by atoms with E-state index in [-0.39, 0.29) is 0 Å². The average Bonchev–Trinajstić information content (AvgIpc) is 4.04. The predicted molar refractivity (Wildman–Crippen MR) is 273 cm³/mol. The lowest BCUT2D eigenvalue weighted by atomic mass is 10.0. The number of rotatable bonds is 7. The predicted octanol–water partition coefficient (Wildman–Crippen LogP) is 15.8. The van der Waals surface area contributed by atoms with E-state index < -0.39 is 8.07 Å². The Balaban J connectivity index is 1.07. The molecule has 13 rings (SSSR count). The van der Waals surface area contributed by atoms with Crippen LogP contribution in [0.15, 0.2) is 194 Å². The number of hydrogen-bond donors (Lipinski definition) is 0. The Morgan fingerprint density at radius 2 is 0.746 bits per heavy atom. The van der Waals surface area contributed by atoms with Gasteiger partial charge in [-0.15, -0.1) is 0 Å². The molecular formula is C58H44N4Si. The van der Waals surface area contributed by atoms with Crippen molar-refractivity contribution in [1.82, 2.24) is 8.80 Å². The second kappa shape index (κ2) is 13.2. The second-order valence-corrected chi connectivity index (χ2v) is 23.4. The molecule has 0 aliphatic rings. The number of nitrogens with zero attached hydrogens (tertiary/aromatic N) is 4. The van der Waals surface area contributed by atoms with E-state index >= 15 is 0 Å². The number of fused-ring (bicyclic) bond motifs is 12. The van der Waals surface area contributed by atoms with Gasteiger partial charge in [0.05, 0.1) is 52.5 Å². The summed E-state index contributed by atoms with van der Waals surface area (Å²) < 4.78 is 5.08. The summed E-state index contributed by atoms with van der Waals surface area (Å²) in [6.45, 7) is 9.40. The van der Waals surface area contributed by atoms with Crippen molar-refractivity contribution < 1.29 is 0 Å². The Hall–Kier alpha value is -7.60. The first-order valence-corrected chi connectivity index (χ1v) is 25.5. The minimum Gasteiger partial charge on any atom is -0.310 e. The number of para-hydroxylation sites is 4. The first-order chi connectivity index (χ1) is 30.8. The molecule has 0 aliphatic carbocycles. The molecule has 0 aliphatic heterocycles. The van der Waals surface area contributed by atoms with Crippen molar-refractivity contribution in [2.75, 3.05) is 9.80 Å². The number of aromatic nitrogens is 2. The molecule has 4 aromatic heterocycles. The van der Waals surface area contributed by atoms with Crippen LogP contribution in [0, 0.1) is 6.92 Å². The molecule has 300 valence electrons. The molecule has 0 saturated carbocycles. The van der Waals surface area contributed by atoms with Gasteiger partial charge in [0.2, 0.25) is 0 Å². The van der Waals surface area contributed by atoms with Crippen molar-refractivity contribution in [3.8, 4) is 0 Å². The fourth-order valence-electron chi connectivity index (χ4n) is 10.7. The van der Waals surface area contributed by atoms with Gasteiger partial charge in [0, 0.05) is 65.8 Å². The molecule has 0 radical (unpaired) electrons. The first kappa shape index (κ1) is 36.1. The van der Waals surface area contributed by atoms with Gasteiger partial charge >= 0.3 is 0 Å². The third kappa shape index (κ3) is 5.14. The Labute approximate surface area is 366 Å². The molecule has 0 amide bonds. The van der Waals surface area contributed by atoms with E-state index in [1.54, 1.807) is 0 Å².